The number of methoxy groups -OCH3 is 1. The van der Waals surface area contributed by atoms with E-state index in [-0.39, 0.29) is 18.6 Å². The first kappa shape index (κ1) is 21.1. The molecule has 0 spiro atoms. The van der Waals surface area contributed by atoms with Crippen LogP contribution in [0.2, 0.25) is 0 Å². The summed E-state index contributed by atoms with van der Waals surface area (Å²) in [4.78, 5) is 19.1. The molecule has 0 aliphatic rings. The van der Waals surface area contributed by atoms with Crippen LogP contribution in [0.3, 0.4) is 0 Å². The van der Waals surface area contributed by atoms with Gasteiger partial charge >= 0.3 is 0 Å². The zero-order chi connectivity index (χ0) is 21.3. The first-order valence-electron chi connectivity index (χ1n) is 9.76. The summed E-state index contributed by atoms with van der Waals surface area (Å²) in [6.45, 7) is 3.64. The highest BCUT2D eigenvalue weighted by molar-refractivity contribution is 5.78. The van der Waals surface area contributed by atoms with Crippen molar-refractivity contribution in [3.05, 3.63) is 102 Å². The number of ether oxygens (including phenoxy) is 2. The highest BCUT2D eigenvalue weighted by atomic mass is 16.5. The molecule has 3 rings (SSSR count). The summed E-state index contributed by atoms with van der Waals surface area (Å²) in [6.07, 6.45) is 4.30. The molecule has 1 amide bonds. The quantitative estimate of drug-likeness (QED) is 0.497. The van der Waals surface area contributed by atoms with Crippen LogP contribution in [0.5, 0.6) is 11.5 Å². The van der Waals surface area contributed by atoms with Crippen LogP contribution < -0.4 is 9.47 Å². The van der Waals surface area contributed by atoms with Crippen LogP contribution in [0.4, 0.5) is 0 Å². The number of amides is 1. The molecule has 1 heterocycles. The predicted octanol–water partition coefficient (Wildman–Crippen LogP) is 4.45. The lowest BCUT2D eigenvalue weighted by molar-refractivity contribution is -0.133. The molecule has 0 bridgehead atoms. The molecule has 2 aromatic carbocycles. The second-order valence-corrected chi connectivity index (χ2v) is 6.84. The standard InChI is InChI=1S/C25H26N2O3/c1-4-10-19-14-15-22(23(17-19)29-3)30-18-24(28)27(2)25(20-11-6-5-7-12-20)21-13-8-9-16-26-21/h4-9,11-17,25H,1,10,18H2,2-3H3. The lowest BCUT2D eigenvalue weighted by atomic mass is 10.0. The molecular formula is C25H26N2O3. The second kappa shape index (κ2) is 10.3. The number of pyridine rings is 1. The molecule has 154 valence electrons. The second-order valence-electron chi connectivity index (χ2n) is 6.84. The number of allylic oxidation sites excluding steroid dienone is 1. The number of nitrogens with zero attached hydrogens (tertiary/aromatic N) is 2. The third-order valence-electron chi connectivity index (χ3n) is 4.82. The summed E-state index contributed by atoms with van der Waals surface area (Å²) in [6, 6.07) is 20.9. The summed E-state index contributed by atoms with van der Waals surface area (Å²) in [7, 11) is 3.35. The van der Waals surface area contributed by atoms with Crippen LogP contribution in [0.15, 0.2) is 85.6 Å². The average molecular weight is 402 g/mol. The normalized spacial score (nSPS) is 11.4. The number of likely N-dealkylation sites (N-methyl/N-ethyl adjacent to an activating group) is 1. The maximum Gasteiger partial charge on any atom is 0.261 e. The Balaban J connectivity index is 1.77. The van der Waals surface area contributed by atoms with Gasteiger partial charge in [0.15, 0.2) is 18.1 Å². The molecule has 0 saturated heterocycles. The van der Waals surface area contributed by atoms with Gasteiger partial charge in [0.2, 0.25) is 0 Å². The van der Waals surface area contributed by atoms with E-state index in [2.05, 4.69) is 11.6 Å². The van der Waals surface area contributed by atoms with Crippen molar-refractivity contribution < 1.29 is 14.3 Å². The number of benzene rings is 2. The van der Waals surface area contributed by atoms with E-state index in [0.717, 1.165) is 23.2 Å². The van der Waals surface area contributed by atoms with Crippen LogP contribution in [0, 0.1) is 0 Å². The summed E-state index contributed by atoms with van der Waals surface area (Å²) in [5.74, 6) is 0.960. The van der Waals surface area contributed by atoms with E-state index in [1.807, 2.05) is 72.8 Å². The average Bonchev–Trinajstić information content (AvgIpc) is 2.79. The van der Waals surface area contributed by atoms with Crippen molar-refractivity contribution >= 4 is 5.91 Å². The van der Waals surface area contributed by atoms with Crippen LogP contribution in [-0.4, -0.2) is 36.6 Å². The fourth-order valence-electron chi connectivity index (χ4n) is 3.28. The van der Waals surface area contributed by atoms with E-state index in [0.29, 0.717) is 11.5 Å². The van der Waals surface area contributed by atoms with Gasteiger partial charge in [-0.1, -0.05) is 48.5 Å². The number of hydrogen-bond donors (Lipinski definition) is 0. The third kappa shape index (κ3) is 5.06. The maximum absolute atomic E-state index is 13.0. The zero-order valence-electron chi connectivity index (χ0n) is 17.3. The van der Waals surface area contributed by atoms with Gasteiger partial charge in [0.25, 0.3) is 5.91 Å². The third-order valence-corrected chi connectivity index (χ3v) is 4.82. The Morgan fingerprint density at radius 3 is 2.53 bits per heavy atom. The minimum Gasteiger partial charge on any atom is -0.493 e. The summed E-state index contributed by atoms with van der Waals surface area (Å²) in [5, 5.41) is 0. The van der Waals surface area contributed by atoms with E-state index in [1.165, 1.54) is 0 Å². The monoisotopic (exact) mass is 402 g/mol. The number of carbonyl (C=O) groups is 1. The topological polar surface area (TPSA) is 51.7 Å². The van der Waals surface area contributed by atoms with Crippen molar-refractivity contribution in [2.75, 3.05) is 20.8 Å². The molecule has 0 fully saturated rings. The van der Waals surface area contributed by atoms with Gasteiger partial charge < -0.3 is 14.4 Å². The van der Waals surface area contributed by atoms with E-state index in [4.69, 9.17) is 9.47 Å². The molecule has 1 atom stereocenters. The molecule has 1 aromatic heterocycles. The molecule has 0 N–H and O–H groups in total. The lowest BCUT2D eigenvalue weighted by Gasteiger charge is -2.28. The number of hydrogen-bond acceptors (Lipinski definition) is 4. The van der Waals surface area contributed by atoms with Gasteiger partial charge in [-0.25, -0.2) is 0 Å². The molecule has 5 nitrogen and oxygen atoms in total. The zero-order valence-corrected chi connectivity index (χ0v) is 17.3. The Kier molecular flexibility index (Phi) is 7.22. The molecule has 0 saturated carbocycles. The predicted molar refractivity (Wildman–Crippen MR) is 118 cm³/mol. The highest BCUT2D eigenvalue weighted by Crippen LogP contribution is 2.29. The Bertz CT molecular complexity index is 935. The fraction of sp³-hybridized carbons (Fsp3) is 0.200. The van der Waals surface area contributed by atoms with Crippen LogP contribution in [0.1, 0.15) is 22.9 Å². The maximum atomic E-state index is 13.0. The van der Waals surface area contributed by atoms with Crippen LogP contribution in [-0.2, 0) is 11.2 Å². The number of aromatic nitrogens is 1. The van der Waals surface area contributed by atoms with Gasteiger partial charge in [-0.05, 0) is 41.8 Å². The van der Waals surface area contributed by atoms with Crippen molar-refractivity contribution in [3.63, 3.8) is 0 Å². The largest absolute Gasteiger partial charge is 0.493 e. The van der Waals surface area contributed by atoms with Gasteiger partial charge in [-0.3, -0.25) is 9.78 Å². The first-order chi connectivity index (χ1) is 14.6. The lowest BCUT2D eigenvalue weighted by Crippen LogP contribution is -2.35. The molecule has 0 aliphatic heterocycles. The molecule has 0 radical (unpaired) electrons. The van der Waals surface area contributed by atoms with Gasteiger partial charge in [0.05, 0.1) is 18.8 Å². The van der Waals surface area contributed by atoms with Gasteiger partial charge in [0.1, 0.15) is 0 Å². The summed E-state index contributed by atoms with van der Waals surface area (Å²) in [5.41, 5.74) is 2.85. The molecular weight excluding hydrogens is 376 g/mol. The highest BCUT2D eigenvalue weighted by Gasteiger charge is 2.25. The van der Waals surface area contributed by atoms with Crippen molar-refractivity contribution in [1.82, 2.24) is 9.88 Å². The van der Waals surface area contributed by atoms with E-state index < -0.39 is 0 Å². The van der Waals surface area contributed by atoms with Crippen LogP contribution >= 0.6 is 0 Å². The molecule has 3 aromatic rings. The minimum absolute atomic E-state index is 0.107. The summed E-state index contributed by atoms with van der Waals surface area (Å²) < 4.78 is 11.2. The van der Waals surface area contributed by atoms with Gasteiger partial charge in [-0.15, -0.1) is 6.58 Å². The first-order valence-corrected chi connectivity index (χ1v) is 9.76. The van der Waals surface area contributed by atoms with Crippen molar-refractivity contribution in [1.29, 1.82) is 0 Å². The summed E-state index contributed by atoms with van der Waals surface area (Å²) >= 11 is 0. The Hall–Kier alpha value is -3.60. The smallest absolute Gasteiger partial charge is 0.261 e. The Labute approximate surface area is 177 Å². The van der Waals surface area contributed by atoms with Gasteiger partial charge in [0, 0.05) is 13.2 Å². The Morgan fingerprint density at radius 2 is 1.87 bits per heavy atom. The van der Waals surface area contributed by atoms with Gasteiger partial charge in [-0.2, -0.15) is 0 Å². The molecule has 0 aliphatic carbocycles. The van der Waals surface area contributed by atoms with E-state index >= 15 is 0 Å². The minimum atomic E-state index is -0.305. The van der Waals surface area contributed by atoms with Crippen molar-refractivity contribution in [3.8, 4) is 11.5 Å². The number of rotatable bonds is 9. The SMILES string of the molecule is C=CCc1ccc(OCC(=O)N(C)C(c2ccccc2)c2ccccn2)c(OC)c1. The van der Waals surface area contributed by atoms with E-state index in [9.17, 15) is 4.79 Å². The molecule has 1 unspecified atom stereocenters. The Morgan fingerprint density at radius 1 is 1.10 bits per heavy atom. The molecule has 5 heteroatoms. The number of carbonyl (C=O) groups excluding carboxylic acids is 1. The van der Waals surface area contributed by atoms with E-state index in [1.54, 1.807) is 25.3 Å². The fourth-order valence-corrected chi connectivity index (χ4v) is 3.28. The van der Waals surface area contributed by atoms with Crippen LogP contribution in [0.25, 0.3) is 0 Å². The molecule has 30 heavy (non-hydrogen) atoms. The van der Waals surface area contributed by atoms with Crippen molar-refractivity contribution in [2.45, 2.75) is 12.5 Å². The van der Waals surface area contributed by atoms with Crippen molar-refractivity contribution in [2.24, 2.45) is 0 Å².